The number of carbonyl (C=O) groups is 12. The fourth-order valence-corrected chi connectivity index (χ4v) is 17.0. The second-order valence-corrected chi connectivity index (χ2v) is 32.4. The molecular formula is C73H119Cl2F3N12O12. The smallest absolute Gasteiger partial charge is 0.347 e. The first-order chi connectivity index (χ1) is 47.7. The molecule has 3 N–H and O–H groups in total. The maximum atomic E-state index is 15.7. The molecule has 2 heterocycles. The summed E-state index contributed by atoms with van der Waals surface area (Å²) in [5.41, 5.74) is -1.64. The van der Waals surface area contributed by atoms with Crippen molar-refractivity contribution in [3.8, 4) is 0 Å². The van der Waals surface area contributed by atoms with E-state index in [0.717, 1.165) is 48.3 Å². The molecule has 1 spiro atoms. The van der Waals surface area contributed by atoms with Gasteiger partial charge in [0.2, 0.25) is 70.9 Å². The van der Waals surface area contributed by atoms with Gasteiger partial charge in [0.05, 0.1) is 18.9 Å². The SMILES string of the molecule is CC[C@H](C)[C@@H]1NC(=O)[C@H](C)N(C)C(=O)C[C@@H](C(=O)N(C)C)N(C)C(=O)[C@H]([C@@H](C)CC)N(C)C(=O)C2(CCCC2)NC(=O)[C@H](CC2CCCCC2Cl)N(C)C(=O)[C@H](CCC2CCC(C(F)(F)F)C(Cl)C2)NC(=O)CN(C)C(=O)[C@H](CC2CCC(C)CC2)N(C)C(=O)[C@@H]2CCN2C(=O)[C@H](C)N(C)C1=O. The quantitative estimate of drug-likeness (QED) is 0.170. The Labute approximate surface area is 613 Å². The molecule has 16 atom stereocenters. The van der Waals surface area contributed by atoms with Gasteiger partial charge in [-0.1, -0.05) is 98.8 Å². The van der Waals surface area contributed by atoms with Crippen LogP contribution in [0.4, 0.5) is 13.2 Å². The molecule has 6 rings (SSSR count). The van der Waals surface area contributed by atoms with Crippen LogP contribution in [0.1, 0.15) is 196 Å². The van der Waals surface area contributed by atoms with Crippen molar-refractivity contribution in [2.24, 2.45) is 41.4 Å². The van der Waals surface area contributed by atoms with Gasteiger partial charge in [0, 0.05) is 80.7 Å². The molecule has 2 aliphatic heterocycles. The van der Waals surface area contributed by atoms with E-state index in [4.69, 9.17) is 23.2 Å². The minimum atomic E-state index is -4.53. The highest BCUT2D eigenvalue weighted by Gasteiger charge is 2.52. The summed E-state index contributed by atoms with van der Waals surface area (Å²) in [6.45, 7) is 11.8. The molecule has 0 aromatic heterocycles. The average molecular weight is 1480 g/mol. The third kappa shape index (κ3) is 20.3. The van der Waals surface area contributed by atoms with Gasteiger partial charge in [-0.05, 0) is 126 Å². The molecule has 0 bridgehead atoms. The van der Waals surface area contributed by atoms with Crippen LogP contribution in [0.5, 0.6) is 0 Å². The van der Waals surface area contributed by atoms with Crippen molar-refractivity contribution in [1.82, 2.24) is 60.0 Å². The fraction of sp³-hybridized carbons (Fsp3) is 0.836. The van der Waals surface area contributed by atoms with Crippen LogP contribution in [0, 0.1) is 41.4 Å². The first-order valence-corrected chi connectivity index (χ1v) is 38.2. The summed E-state index contributed by atoms with van der Waals surface area (Å²) in [7, 11) is 12.8. The standard InChI is InChI=1S/C73H119Cl2F3N12O12/c1-17-43(4)60-69(100)85(12)46(7)64(95)90-36-33-54(90)68(99)87(14)56(38-48-27-25-42(3)26-28-48)67(98)83(10)41-58(91)79-53(32-30-47-29-31-50(52(75)37-47)73(76,77)78)65(96)86(13)55(39-49-23-19-20-24-51(49)74)63(94)81-72(34-21-22-35-72)71(102)89(16)61(44(5)18-2)70(101)88(15)57(66(97)82(8)9)40-59(92)84(11)45(6)62(93)80-60/h42-57,60-61H,17-41H2,1-16H3,(H,79,91)(H,80,93)(H,81,94)/t42?,43-,44-,45-,46-,47?,48?,49?,50?,51?,52?,53-,54-,55-,56-,57-,60-,61-/m0/s1. The van der Waals surface area contributed by atoms with Gasteiger partial charge in [-0.3, -0.25) is 57.5 Å². The van der Waals surface area contributed by atoms with E-state index in [0.29, 0.717) is 44.4 Å². The van der Waals surface area contributed by atoms with Crippen LogP contribution in [0.25, 0.3) is 0 Å². The summed E-state index contributed by atoms with van der Waals surface area (Å²) in [5, 5.41) is 7.13. The number of amides is 12. The van der Waals surface area contributed by atoms with E-state index in [1.807, 2.05) is 13.8 Å². The molecule has 12 amide bonds. The zero-order chi connectivity index (χ0) is 76.3. The lowest BCUT2D eigenvalue weighted by molar-refractivity contribution is -0.182. The van der Waals surface area contributed by atoms with Crippen LogP contribution in [-0.2, 0) is 57.5 Å². The van der Waals surface area contributed by atoms with Gasteiger partial charge >= 0.3 is 6.18 Å². The van der Waals surface area contributed by atoms with Crippen molar-refractivity contribution in [1.29, 1.82) is 0 Å². The third-order valence-corrected chi connectivity index (χ3v) is 25.2. The highest BCUT2D eigenvalue weighted by atomic mass is 35.5. The minimum Gasteiger partial charge on any atom is -0.347 e. The zero-order valence-corrected chi connectivity index (χ0v) is 64.9. The topological polar surface area (TPSA) is 270 Å². The summed E-state index contributed by atoms with van der Waals surface area (Å²) in [4.78, 5) is 191. The molecule has 29 heteroatoms. The lowest BCUT2D eigenvalue weighted by atomic mass is 9.78. The highest BCUT2D eigenvalue weighted by molar-refractivity contribution is 6.21. The summed E-state index contributed by atoms with van der Waals surface area (Å²) in [6.07, 6.45) is 3.36. The number of hydrogen-bond donors (Lipinski definition) is 3. The number of alkyl halides is 5. The Bertz CT molecular complexity index is 2990. The van der Waals surface area contributed by atoms with Gasteiger partial charge in [-0.15, -0.1) is 23.2 Å². The van der Waals surface area contributed by atoms with E-state index in [9.17, 15) is 46.7 Å². The summed E-state index contributed by atoms with van der Waals surface area (Å²) >= 11 is 13.5. The van der Waals surface area contributed by atoms with Crippen LogP contribution in [0.15, 0.2) is 0 Å². The number of fused-ring (bicyclic) bond motifs is 1. The van der Waals surface area contributed by atoms with Crippen molar-refractivity contribution in [3.63, 3.8) is 0 Å². The lowest BCUT2D eigenvalue weighted by Crippen LogP contribution is -2.65. The molecule has 4 aliphatic carbocycles. The molecule has 102 heavy (non-hydrogen) atoms. The van der Waals surface area contributed by atoms with E-state index < -0.39 is 184 Å². The van der Waals surface area contributed by atoms with Gasteiger partial charge in [0.1, 0.15) is 59.9 Å². The normalized spacial score (nSPS) is 33.0. The Morgan fingerprint density at radius 1 is 0.598 bits per heavy atom. The molecule has 2 saturated heterocycles. The molecule has 0 radical (unpaired) electrons. The second kappa shape index (κ2) is 36.8. The maximum absolute atomic E-state index is 15.7. The second-order valence-electron chi connectivity index (χ2n) is 31.3. The monoisotopic (exact) mass is 1480 g/mol. The Kier molecular flexibility index (Phi) is 30.7. The van der Waals surface area contributed by atoms with E-state index in [2.05, 4.69) is 22.9 Å². The van der Waals surface area contributed by atoms with E-state index in [-0.39, 0.29) is 82.6 Å². The van der Waals surface area contributed by atoms with Crippen molar-refractivity contribution >= 4 is 94.1 Å². The number of halogens is 5. The molecule has 6 fully saturated rings. The summed E-state index contributed by atoms with van der Waals surface area (Å²) in [5.74, 6) is -11.1. The maximum Gasteiger partial charge on any atom is 0.393 e. The van der Waals surface area contributed by atoms with E-state index in [1.54, 1.807) is 13.8 Å². The first-order valence-electron chi connectivity index (χ1n) is 37.4. The van der Waals surface area contributed by atoms with Crippen LogP contribution in [0.2, 0.25) is 0 Å². The molecule has 24 nitrogen and oxygen atoms in total. The number of hydrogen-bond acceptors (Lipinski definition) is 12. The van der Waals surface area contributed by atoms with E-state index in [1.165, 1.54) is 112 Å². The van der Waals surface area contributed by atoms with Crippen molar-refractivity contribution in [3.05, 3.63) is 0 Å². The summed E-state index contributed by atoms with van der Waals surface area (Å²) in [6, 6.07) is -11.3. The van der Waals surface area contributed by atoms with Crippen LogP contribution < -0.4 is 16.0 Å². The van der Waals surface area contributed by atoms with E-state index >= 15 is 24.0 Å². The van der Waals surface area contributed by atoms with Gasteiger partial charge in [-0.25, -0.2) is 0 Å². The molecule has 6 aliphatic rings. The van der Waals surface area contributed by atoms with Gasteiger partial charge in [0.25, 0.3) is 0 Å². The molecule has 0 aromatic rings. The molecule has 5 unspecified atom stereocenters. The fourth-order valence-electron chi connectivity index (χ4n) is 16.1. The number of rotatable bonds is 12. The lowest BCUT2D eigenvalue weighted by Gasteiger charge is -2.45. The van der Waals surface area contributed by atoms with Crippen molar-refractivity contribution in [2.75, 3.05) is 76.5 Å². The Hall–Kier alpha value is -5.99. The number of nitrogens with zero attached hydrogens (tertiary/aromatic N) is 9. The Balaban J connectivity index is 1.46. The van der Waals surface area contributed by atoms with Crippen LogP contribution in [-0.4, -0.2) is 268 Å². The zero-order valence-electron chi connectivity index (χ0n) is 63.4. The van der Waals surface area contributed by atoms with Gasteiger partial charge in [0.15, 0.2) is 0 Å². The highest BCUT2D eigenvalue weighted by Crippen LogP contribution is 2.44. The minimum absolute atomic E-state index is 0.00540. The molecule has 4 saturated carbocycles. The Morgan fingerprint density at radius 3 is 1.75 bits per heavy atom. The summed E-state index contributed by atoms with van der Waals surface area (Å²) < 4.78 is 42.4. The largest absolute Gasteiger partial charge is 0.393 e. The van der Waals surface area contributed by atoms with Crippen molar-refractivity contribution in [2.45, 2.75) is 273 Å². The van der Waals surface area contributed by atoms with Gasteiger partial charge in [-0.2, -0.15) is 13.2 Å². The van der Waals surface area contributed by atoms with Crippen LogP contribution >= 0.6 is 23.2 Å². The first kappa shape index (κ1) is 84.9. The number of likely N-dealkylation sites (N-methyl/N-ethyl adjacent to an activating group) is 8. The average Bonchev–Trinajstić information content (AvgIpc) is 1.04. The Morgan fingerprint density at radius 2 is 1.20 bits per heavy atom. The van der Waals surface area contributed by atoms with Crippen LogP contribution in [0.3, 0.4) is 0 Å². The molecule has 0 aromatic carbocycles. The molecule has 578 valence electrons. The predicted molar refractivity (Wildman–Crippen MR) is 382 cm³/mol. The third-order valence-electron chi connectivity index (χ3n) is 24.1. The van der Waals surface area contributed by atoms with Gasteiger partial charge < -0.3 is 60.0 Å². The van der Waals surface area contributed by atoms with Crippen molar-refractivity contribution < 1.29 is 70.7 Å². The molecular weight excluding hydrogens is 1360 g/mol. The number of nitrogens with one attached hydrogen (secondary N) is 3. The number of carbonyl (C=O) groups excluding carboxylic acids is 12. The predicted octanol–water partition coefficient (Wildman–Crippen LogP) is 6.80.